The molecule has 0 aliphatic heterocycles. The summed E-state index contributed by atoms with van der Waals surface area (Å²) in [5, 5.41) is 0. The van der Waals surface area contributed by atoms with Crippen molar-refractivity contribution < 1.29 is 16.3 Å². The van der Waals surface area contributed by atoms with Gasteiger partial charge in [0, 0.05) is 0 Å². The van der Waals surface area contributed by atoms with Gasteiger partial charge in [0.15, 0.2) is 0 Å². The molecule has 0 amide bonds. The molecular formula is C16H24BrRh. The summed E-state index contributed by atoms with van der Waals surface area (Å²) in [5.41, 5.74) is 0. The fraction of sp³-hybridized carbons (Fsp3) is 0.500. The summed E-state index contributed by atoms with van der Waals surface area (Å²) in [7, 11) is 0. The van der Waals surface area contributed by atoms with Crippen LogP contribution in [0.2, 0.25) is 0 Å². The van der Waals surface area contributed by atoms with Crippen molar-refractivity contribution in [1.82, 2.24) is 0 Å². The molecule has 0 saturated heterocycles. The molecule has 0 atom stereocenters. The van der Waals surface area contributed by atoms with Crippen molar-refractivity contribution in [3.63, 3.8) is 0 Å². The SMILES string of the molecule is C1=CCCC=CCC1.C1=CCCC=CCC1.[Br][Rh]. The Kier molecular flexibility index (Phi) is 17.1. The van der Waals surface area contributed by atoms with E-state index in [2.05, 4.69) is 78.6 Å². The summed E-state index contributed by atoms with van der Waals surface area (Å²) < 4.78 is 0. The van der Waals surface area contributed by atoms with E-state index in [1.807, 2.05) is 0 Å². The van der Waals surface area contributed by atoms with Gasteiger partial charge in [-0.25, -0.2) is 0 Å². The Morgan fingerprint density at radius 2 is 0.500 bits per heavy atom. The van der Waals surface area contributed by atoms with E-state index in [0.29, 0.717) is 0 Å². The number of hydrogen-bond donors (Lipinski definition) is 0. The standard InChI is InChI=1S/2C8H12.BrH.Rh/c2*1-2-4-6-8-7-5-3-1;;/h2*1-2,7-8H,3-6H2;1H;/q;;;+1/p-1. The quantitative estimate of drug-likeness (QED) is 0.337. The van der Waals surface area contributed by atoms with Crippen LogP contribution >= 0.6 is 13.6 Å². The normalized spacial score (nSPS) is 18.2. The summed E-state index contributed by atoms with van der Waals surface area (Å²) in [4.78, 5) is 0. The predicted octanol–water partition coefficient (Wildman–Crippen LogP) is 6.19. The number of allylic oxidation sites excluding steroid dienone is 8. The summed E-state index contributed by atoms with van der Waals surface area (Å²) >= 11 is 5.19. The van der Waals surface area contributed by atoms with Crippen LogP contribution in [-0.2, 0) is 16.3 Å². The Balaban J connectivity index is 0.000000283. The third-order valence-corrected chi connectivity index (χ3v) is 2.67. The molecule has 0 radical (unpaired) electrons. The molecule has 0 heterocycles. The molecule has 2 rings (SSSR count). The zero-order chi connectivity index (χ0) is 13.3. The van der Waals surface area contributed by atoms with Crippen molar-refractivity contribution in [3.05, 3.63) is 48.6 Å². The Labute approximate surface area is 129 Å². The molecule has 2 heteroatoms. The molecular weight excluding hydrogens is 375 g/mol. The molecule has 2 aliphatic carbocycles. The van der Waals surface area contributed by atoms with Gasteiger partial charge in [-0.3, -0.25) is 0 Å². The molecule has 0 bridgehead atoms. The molecule has 2 aliphatic rings. The summed E-state index contributed by atoms with van der Waals surface area (Å²) in [6.07, 6.45) is 28.0. The summed E-state index contributed by atoms with van der Waals surface area (Å²) in [5.74, 6) is 0. The van der Waals surface area contributed by atoms with Gasteiger partial charge in [0.2, 0.25) is 0 Å². The molecule has 0 aromatic carbocycles. The minimum absolute atomic E-state index is 1.23. The van der Waals surface area contributed by atoms with Crippen molar-refractivity contribution in [1.29, 1.82) is 0 Å². The van der Waals surface area contributed by atoms with E-state index in [-0.39, 0.29) is 0 Å². The fourth-order valence-electron chi connectivity index (χ4n) is 1.71. The van der Waals surface area contributed by atoms with E-state index in [1.165, 1.54) is 51.4 Å². The van der Waals surface area contributed by atoms with Gasteiger partial charge in [-0.05, 0) is 51.4 Å². The molecule has 0 nitrogen and oxygen atoms in total. The Bertz CT molecular complexity index is 184. The molecule has 0 fully saturated rings. The van der Waals surface area contributed by atoms with Crippen LogP contribution in [0.1, 0.15) is 51.4 Å². The topological polar surface area (TPSA) is 0 Å². The Morgan fingerprint density at radius 1 is 0.389 bits per heavy atom. The van der Waals surface area contributed by atoms with E-state index >= 15 is 0 Å². The average molecular weight is 399 g/mol. The minimum atomic E-state index is 1.23. The van der Waals surface area contributed by atoms with Crippen LogP contribution in [0.5, 0.6) is 0 Å². The van der Waals surface area contributed by atoms with Crippen LogP contribution < -0.4 is 0 Å². The second-order valence-electron chi connectivity index (χ2n) is 4.20. The van der Waals surface area contributed by atoms with Gasteiger partial charge < -0.3 is 0 Å². The van der Waals surface area contributed by atoms with Crippen molar-refractivity contribution in [2.75, 3.05) is 0 Å². The van der Waals surface area contributed by atoms with E-state index in [4.69, 9.17) is 0 Å². The number of halogens is 1. The maximum atomic E-state index is 2.83. The molecule has 0 spiro atoms. The maximum absolute atomic E-state index is 2.83. The van der Waals surface area contributed by atoms with E-state index in [9.17, 15) is 0 Å². The predicted molar refractivity (Wildman–Crippen MR) is 82.4 cm³/mol. The van der Waals surface area contributed by atoms with E-state index in [0.717, 1.165) is 0 Å². The van der Waals surface area contributed by atoms with Crippen molar-refractivity contribution in [2.45, 2.75) is 51.4 Å². The monoisotopic (exact) mass is 398 g/mol. The van der Waals surface area contributed by atoms with Crippen LogP contribution in [0, 0.1) is 0 Å². The van der Waals surface area contributed by atoms with Gasteiger partial charge in [0.05, 0.1) is 0 Å². The zero-order valence-electron chi connectivity index (χ0n) is 11.0. The first-order valence-corrected chi connectivity index (χ1v) is 10.5. The third kappa shape index (κ3) is 14.1. The summed E-state index contributed by atoms with van der Waals surface area (Å²) in [6.45, 7) is 0. The second kappa shape index (κ2) is 17.1. The first-order chi connectivity index (χ1) is 9.00. The zero-order valence-corrected chi connectivity index (χ0v) is 14.2. The van der Waals surface area contributed by atoms with Crippen LogP contribution in [0.3, 0.4) is 0 Å². The molecule has 0 saturated carbocycles. The molecule has 0 unspecified atom stereocenters. The molecule has 104 valence electrons. The van der Waals surface area contributed by atoms with Crippen molar-refractivity contribution >= 4 is 13.6 Å². The molecule has 0 aromatic rings. The van der Waals surface area contributed by atoms with Gasteiger partial charge in [-0.2, -0.15) is 0 Å². The van der Waals surface area contributed by atoms with Gasteiger partial charge >= 0.3 is 30.0 Å². The van der Waals surface area contributed by atoms with Crippen molar-refractivity contribution in [3.8, 4) is 0 Å². The first-order valence-electron chi connectivity index (χ1n) is 6.73. The average Bonchev–Trinajstić information content (AvgIpc) is 2.30. The van der Waals surface area contributed by atoms with E-state index in [1.54, 1.807) is 0 Å². The Hall–Kier alpha value is 0.0634. The third-order valence-electron chi connectivity index (χ3n) is 2.67. The van der Waals surface area contributed by atoms with Gasteiger partial charge in [-0.15, -0.1) is 0 Å². The van der Waals surface area contributed by atoms with Gasteiger partial charge in [0.1, 0.15) is 0 Å². The van der Waals surface area contributed by atoms with Crippen LogP contribution in [0.4, 0.5) is 0 Å². The molecule has 0 N–H and O–H groups in total. The molecule has 18 heavy (non-hydrogen) atoms. The van der Waals surface area contributed by atoms with Crippen LogP contribution in [0.15, 0.2) is 48.6 Å². The van der Waals surface area contributed by atoms with E-state index < -0.39 is 0 Å². The molecule has 0 aromatic heterocycles. The number of rotatable bonds is 0. The van der Waals surface area contributed by atoms with Crippen LogP contribution in [0.25, 0.3) is 0 Å². The summed E-state index contributed by atoms with van der Waals surface area (Å²) in [6, 6.07) is 0. The van der Waals surface area contributed by atoms with Crippen molar-refractivity contribution in [2.24, 2.45) is 0 Å². The number of hydrogen-bond acceptors (Lipinski definition) is 0. The first kappa shape index (κ1) is 18.1. The van der Waals surface area contributed by atoms with Gasteiger partial charge in [0.25, 0.3) is 0 Å². The second-order valence-corrected chi connectivity index (χ2v) is 4.20. The van der Waals surface area contributed by atoms with Crippen LogP contribution in [-0.4, -0.2) is 0 Å². The Morgan fingerprint density at radius 3 is 0.611 bits per heavy atom. The fourth-order valence-corrected chi connectivity index (χ4v) is 1.71. The van der Waals surface area contributed by atoms with Gasteiger partial charge in [-0.1, -0.05) is 48.6 Å².